The number of ether oxygens (including phenoxy) is 1. The Morgan fingerprint density at radius 3 is 2.14 bits per heavy atom. The fourth-order valence-electron chi connectivity index (χ4n) is 4.01. The lowest BCUT2D eigenvalue weighted by Crippen LogP contribution is -2.60. The molecule has 0 N–H and O–H groups in total. The van der Waals surface area contributed by atoms with Crippen molar-refractivity contribution in [3.8, 4) is 0 Å². The Bertz CT molecular complexity index is 300. The number of piperidine rings is 1. The molecule has 0 aromatic rings. The molecule has 0 spiro atoms. The van der Waals surface area contributed by atoms with Crippen LogP contribution in [-0.4, -0.2) is 85.3 Å². The average molecular weight is 297 g/mol. The third-order valence-electron chi connectivity index (χ3n) is 5.33. The predicted molar refractivity (Wildman–Crippen MR) is 88.8 cm³/mol. The summed E-state index contributed by atoms with van der Waals surface area (Å²) in [6, 6.07) is 2.67. The molecule has 2 aliphatic rings. The Balaban J connectivity index is 1.88. The molecular formula is C17H35N3O. The van der Waals surface area contributed by atoms with Crippen LogP contribution in [0.15, 0.2) is 0 Å². The summed E-state index contributed by atoms with van der Waals surface area (Å²) >= 11 is 0. The van der Waals surface area contributed by atoms with E-state index in [0.717, 1.165) is 12.6 Å². The lowest BCUT2D eigenvalue weighted by atomic mass is 9.99. The molecule has 0 aromatic carbocycles. The first-order valence-corrected chi connectivity index (χ1v) is 8.75. The first kappa shape index (κ1) is 17.2. The summed E-state index contributed by atoms with van der Waals surface area (Å²) in [5, 5.41) is 0. The highest BCUT2D eigenvalue weighted by Gasteiger charge is 2.33. The van der Waals surface area contributed by atoms with Crippen molar-refractivity contribution < 1.29 is 4.74 Å². The summed E-state index contributed by atoms with van der Waals surface area (Å²) in [5.74, 6) is 0. The van der Waals surface area contributed by atoms with Crippen LogP contribution in [-0.2, 0) is 4.74 Å². The van der Waals surface area contributed by atoms with E-state index in [2.05, 4.69) is 42.4 Å². The molecule has 0 amide bonds. The molecule has 2 aliphatic heterocycles. The molecule has 4 heteroatoms. The van der Waals surface area contributed by atoms with E-state index in [1.165, 1.54) is 45.6 Å². The number of likely N-dealkylation sites (tertiary alicyclic amines) is 1. The van der Waals surface area contributed by atoms with Crippen molar-refractivity contribution in [2.45, 2.75) is 64.7 Å². The van der Waals surface area contributed by atoms with Gasteiger partial charge >= 0.3 is 0 Å². The minimum atomic E-state index is 0.562. The first-order chi connectivity index (χ1) is 10.0. The quantitative estimate of drug-likeness (QED) is 0.771. The molecule has 2 fully saturated rings. The van der Waals surface area contributed by atoms with E-state index in [0.29, 0.717) is 18.1 Å². The Hall–Kier alpha value is -0.160. The molecule has 2 rings (SSSR count). The van der Waals surface area contributed by atoms with Crippen LogP contribution in [0.1, 0.15) is 40.5 Å². The number of hydrogen-bond donors (Lipinski definition) is 0. The lowest BCUT2D eigenvalue weighted by molar-refractivity contribution is -0.0187. The fraction of sp³-hybridized carbons (Fsp3) is 1.00. The highest BCUT2D eigenvalue weighted by Crippen LogP contribution is 2.22. The summed E-state index contributed by atoms with van der Waals surface area (Å²) in [6.45, 7) is 16.2. The maximum Gasteiger partial charge on any atom is 0.0630 e. The number of hydrogen-bond acceptors (Lipinski definition) is 4. The van der Waals surface area contributed by atoms with Crippen molar-refractivity contribution in [2.75, 3.05) is 46.4 Å². The standard InChI is InChI=1S/C17H35N3O/c1-14(2)18-8-6-16(7-9-18)19-10-11-20(15(3)4)17(12-19)13-21-5/h14-17H,6-13H2,1-5H3/t17-/m1/s1. The summed E-state index contributed by atoms with van der Waals surface area (Å²) < 4.78 is 5.47. The second kappa shape index (κ2) is 7.91. The van der Waals surface area contributed by atoms with Crippen molar-refractivity contribution in [3.05, 3.63) is 0 Å². The Morgan fingerprint density at radius 1 is 0.952 bits per heavy atom. The maximum atomic E-state index is 5.47. The Labute approximate surface area is 131 Å². The summed E-state index contributed by atoms with van der Waals surface area (Å²) in [4.78, 5) is 7.97. The van der Waals surface area contributed by atoms with Gasteiger partial charge in [0, 0.05) is 50.9 Å². The molecule has 1 atom stereocenters. The summed E-state index contributed by atoms with van der Waals surface area (Å²) in [6.07, 6.45) is 2.67. The van der Waals surface area contributed by atoms with Gasteiger partial charge in [0.25, 0.3) is 0 Å². The van der Waals surface area contributed by atoms with Gasteiger partial charge in [0.2, 0.25) is 0 Å². The molecule has 4 nitrogen and oxygen atoms in total. The van der Waals surface area contributed by atoms with Crippen LogP contribution in [0.4, 0.5) is 0 Å². The normalized spacial score (nSPS) is 27.9. The SMILES string of the molecule is COC[C@H]1CN(C2CCN(C(C)C)CC2)CCN1C(C)C. The van der Waals surface area contributed by atoms with E-state index in [4.69, 9.17) is 4.74 Å². The molecule has 124 valence electrons. The van der Waals surface area contributed by atoms with Crippen molar-refractivity contribution in [1.82, 2.24) is 14.7 Å². The second-order valence-electron chi connectivity index (χ2n) is 7.30. The van der Waals surface area contributed by atoms with Crippen LogP contribution < -0.4 is 0 Å². The molecular weight excluding hydrogens is 262 g/mol. The van der Waals surface area contributed by atoms with Crippen LogP contribution >= 0.6 is 0 Å². The van der Waals surface area contributed by atoms with Gasteiger partial charge in [-0.2, -0.15) is 0 Å². The third-order valence-corrected chi connectivity index (χ3v) is 5.33. The first-order valence-electron chi connectivity index (χ1n) is 8.75. The highest BCUT2D eigenvalue weighted by molar-refractivity contribution is 4.89. The van der Waals surface area contributed by atoms with Crippen LogP contribution in [0.3, 0.4) is 0 Å². The zero-order valence-corrected chi connectivity index (χ0v) is 14.7. The fourth-order valence-corrected chi connectivity index (χ4v) is 4.01. The molecule has 0 radical (unpaired) electrons. The predicted octanol–water partition coefficient (Wildman–Crippen LogP) is 1.90. The van der Waals surface area contributed by atoms with Crippen molar-refractivity contribution in [1.29, 1.82) is 0 Å². The Morgan fingerprint density at radius 2 is 1.62 bits per heavy atom. The average Bonchev–Trinajstić information content (AvgIpc) is 2.47. The largest absolute Gasteiger partial charge is 0.383 e. The van der Waals surface area contributed by atoms with E-state index in [1.54, 1.807) is 0 Å². The van der Waals surface area contributed by atoms with Gasteiger partial charge in [0.15, 0.2) is 0 Å². The van der Waals surface area contributed by atoms with Gasteiger partial charge in [-0.3, -0.25) is 9.80 Å². The molecule has 0 aliphatic carbocycles. The molecule has 2 heterocycles. The van der Waals surface area contributed by atoms with E-state index >= 15 is 0 Å². The molecule has 21 heavy (non-hydrogen) atoms. The monoisotopic (exact) mass is 297 g/mol. The van der Waals surface area contributed by atoms with E-state index in [1.807, 2.05) is 7.11 Å². The highest BCUT2D eigenvalue weighted by atomic mass is 16.5. The zero-order valence-electron chi connectivity index (χ0n) is 14.7. The van der Waals surface area contributed by atoms with Gasteiger partial charge in [-0.1, -0.05) is 0 Å². The zero-order chi connectivity index (χ0) is 15.4. The Kier molecular flexibility index (Phi) is 6.48. The number of methoxy groups -OCH3 is 1. The van der Waals surface area contributed by atoms with Crippen LogP contribution in [0.2, 0.25) is 0 Å². The van der Waals surface area contributed by atoms with Crippen LogP contribution in [0, 0.1) is 0 Å². The van der Waals surface area contributed by atoms with E-state index in [-0.39, 0.29) is 0 Å². The number of piperazine rings is 1. The smallest absolute Gasteiger partial charge is 0.0630 e. The van der Waals surface area contributed by atoms with Gasteiger partial charge < -0.3 is 9.64 Å². The van der Waals surface area contributed by atoms with E-state index < -0.39 is 0 Å². The molecule has 0 aromatic heterocycles. The third kappa shape index (κ3) is 4.41. The van der Waals surface area contributed by atoms with Crippen molar-refractivity contribution in [2.24, 2.45) is 0 Å². The maximum absolute atomic E-state index is 5.47. The minimum Gasteiger partial charge on any atom is -0.383 e. The number of rotatable bonds is 5. The van der Waals surface area contributed by atoms with Crippen LogP contribution in [0.25, 0.3) is 0 Å². The summed E-state index contributed by atoms with van der Waals surface area (Å²) in [5.41, 5.74) is 0. The topological polar surface area (TPSA) is 19.0 Å². The van der Waals surface area contributed by atoms with Gasteiger partial charge in [-0.15, -0.1) is 0 Å². The molecule has 2 saturated heterocycles. The second-order valence-corrected chi connectivity index (χ2v) is 7.30. The van der Waals surface area contributed by atoms with Gasteiger partial charge in [-0.05, 0) is 53.6 Å². The van der Waals surface area contributed by atoms with Crippen molar-refractivity contribution >= 4 is 0 Å². The molecule has 0 bridgehead atoms. The van der Waals surface area contributed by atoms with Crippen molar-refractivity contribution in [3.63, 3.8) is 0 Å². The summed E-state index contributed by atoms with van der Waals surface area (Å²) in [7, 11) is 1.83. The van der Waals surface area contributed by atoms with Gasteiger partial charge in [0.05, 0.1) is 6.61 Å². The van der Waals surface area contributed by atoms with Crippen LogP contribution in [0.5, 0.6) is 0 Å². The molecule has 0 unspecified atom stereocenters. The number of nitrogens with zero attached hydrogens (tertiary/aromatic N) is 3. The minimum absolute atomic E-state index is 0.562. The van der Waals surface area contributed by atoms with Gasteiger partial charge in [0.1, 0.15) is 0 Å². The van der Waals surface area contributed by atoms with E-state index in [9.17, 15) is 0 Å². The van der Waals surface area contributed by atoms with Gasteiger partial charge in [-0.25, -0.2) is 0 Å². The molecule has 0 saturated carbocycles. The lowest BCUT2D eigenvalue weighted by Gasteiger charge is -2.48.